The van der Waals surface area contributed by atoms with Crippen LogP contribution in [-0.2, 0) is 4.74 Å². The van der Waals surface area contributed by atoms with Crippen molar-refractivity contribution in [2.24, 2.45) is 0 Å². The van der Waals surface area contributed by atoms with Gasteiger partial charge in [-0.2, -0.15) is 0 Å². The lowest BCUT2D eigenvalue weighted by Crippen LogP contribution is -2.36. The molecule has 0 saturated carbocycles. The van der Waals surface area contributed by atoms with E-state index in [1.54, 1.807) is 24.3 Å². The number of nitrogens with one attached hydrogen (secondary N) is 3. The molecule has 0 bridgehead atoms. The topological polar surface area (TPSA) is 82.7 Å². The van der Waals surface area contributed by atoms with Crippen molar-refractivity contribution in [3.63, 3.8) is 0 Å². The van der Waals surface area contributed by atoms with E-state index < -0.39 is 0 Å². The summed E-state index contributed by atoms with van der Waals surface area (Å²) in [5.41, 5.74) is 3.94. The second-order valence-corrected chi connectivity index (χ2v) is 7.34. The van der Waals surface area contributed by atoms with Gasteiger partial charge >= 0.3 is 6.03 Å². The number of ether oxygens (including phenoxy) is 1. The van der Waals surface area contributed by atoms with Gasteiger partial charge in [0, 0.05) is 41.8 Å². The van der Waals surface area contributed by atoms with E-state index >= 15 is 0 Å². The van der Waals surface area contributed by atoms with Crippen molar-refractivity contribution in [3.8, 4) is 0 Å². The van der Waals surface area contributed by atoms with Gasteiger partial charge < -0.3 is 25.6 Å². The van der Waals surface area contributed by atoms with Gasteiger partial charge in [-0.05, 0) is 56.7 Å². The van der Waals surface area contributed by atoms with E-state index in [1.165, 1.54) is 0 Å². The monoisotopic (exact) mass is 396 g/mol. The molecule has 2 aromatic carbocycles. The number of urea groups is 1. The van der Waals surface area contributed by atoms with Crippen LogP contribution in [0.2, 0.25) is 0 Å². The van der Waals surface area contributed by atoms with Crippen LogP contribution < -0.4 is 20.9 Å². The highest BCUT2D eigenvalue weighted by atomic mass is 16.5. The Morgan fingerprint density at radius 2 is 1.76 bits per heavy atom. The number of carbonyl (C=O) groups excluding carboxylic acids is 2. The number of anilines is 3. The molecule has 1 fully saturated rings. The molecular weight excluding hydrogens is 368 g/mol. The Hall–Kier alpha value is -3.06. The highest BCUT2D eigenvalue weighted by Gasteiger charge is 2.16. The molecule has 3 rings (SSSR count). The summed E-state index contributed by atoms with van der Waals surface area (Å²) in [6, 6.07) is 12.5. The first kappa shape index (κ1) is 20.7. The van der Waals surface area contributed by atoms with Crippen LogP contribution in [0.4, 0.5) is 21.9 Å². The Morgan fingerprint density at radius 3 is 2.48 bits per heavy atom. The summed E-state index contributed by atoms with van der Waals surface area (Å²) < 4.78 is 5.43. The molecule has 1 aliphatic rings. The van der Waals surface area contributed by atoms with Crippen molar-refractivity contribution < 1.29 is 14.3 Å². The van der Waals surface area contributed by atoms with Crippen LogP contribution in [0, 0.1) is 6.92 Å². The first-order valence-electron chi connectivity index (χ1n) is 9.85. The Balaban J connectivity index is 1.72. The maximum atomic E-state index is 12.8. The lowest BCUT2D eigenvalue weighted by atomic mass is 10.1. The third-order valence-electron chi connectivity index (χ3n) is 4.71. The van der Waals surface area contributed by atoms with Gasteiger partial charge in [0.2, 0.25) is 0 Å². The van der Waals surface area contributed by atoms with Crippen molar-refractivity contribution in [2.75, 3.05) is 41.8 Å². The van der Waals surface area contributed by atoms with Crippen LogP contribution in [0.15, 0.2) is 42.5 Å². The van der Waals surface area contributed by atoms with Crippen LogP contribution >= 0.6 is 0 Å². The average Bonchev–Trinajstić information content (AvgIpc) is 2.69. The minimum atomic E-state index is -0.299. The predicted molar refractivity (Wildman–Crippen MR) is 116 cm³/mol. The fourth-order valence-electron chi connectivity index (χ4n) is 3.27. The van der Waals surface area contributed by atoms with E-state index in [0.717, 1.165) is 30.0 Å². The average molecular weight is 396 g/mol. The molecular formula is C22H28N4O3. The molecule has 0 radical (unpaired) electrons. The number of nitrogens with zero attached hydrogens (tertiary/aromatic N) is 1. The first-order valence-corrected chi connectivity index (χ1v) is 9.85. The van der Waals surface area contributed by atoms with Gasteiger partial charge in [0.25, 0.3) is 5.91 Å². The fraction of sp³-hybridized carbons (Fsp3) is 0.364. The summed E-state index contributed by atoms with van der Waals surface area (Å²) in [4.78, 5) is 27.0. The number of amides is 3. The number of hydrogen-bond acceptors (Lipinski definition) is 4. The predicted octanol–water partition coefficient (Wildman–Crippen LogP) is 3.61. The maximum absolute atomic E-state index is 12.8. The van der Waals surface area contributed by atoms with Crippen LogP contribution in [-0.4, -0.2) is 44.3 Å². The van der Waals surface area contributed by atoms with E-state index in [2.05, 4.69) is 26.9 Å². The number of rotatable bonds is 5. The first-order chi connectivity index (χ1) is 13.9. The molecule has 7 nitrogen and oxygen atoms in total. The van der Waals surface area contributed by atoms with Crippen LogP contribution in [0.25, 0.3) is 0 Å². The van der Waals surface area contributed by atoms with Gasteiger partial charge in [-0.25, -0.2) is 4.79 Å². The minimum Gasteiger partial charge on any atom is -0.378 e. The molecule has 0 spiro atoms. The van der Waals surface area contributed by atoms with Gasteiger partial charge in [0.1, 0.15) is 0 Å². The van der Waals surface area contributed by atoms with Gasteiger partial charge in [0.05, 0.1) is 13.2 Å². The summed E-state index contributed by atoms with van der Waals surface area (Å²) >= 11 is 0. The summed E-state index contributed by atoms with van der Waals surface area (Å²) in [7, 11) is 0. The van der Waals surface area contributed by atoms with Crippen molar-refractivity contribution >= 4 is 29.0 Å². The molecule has 1 saturated heterocycles. The molecule has 0 atom stereocenters. The maximum Gasteiger partial charge on any atom is 0.319 e. The lowest BCUT2D eigenvalue weighted by Gasteiger charge is -2.30. The van der Waals surface area contributed by atoms with Crippen LogP contribution in [0.5, 0.6) is 0 Å². The third kappa shape index (κ3) is 5.48. The fourth-order valence-corrected chi connectivity index (χ4v) is 3.27. The molecule has 1 heterocycles. The largest absolute Gasteiger partial charge is 0.378 e. The number of carbonyl (C=O) groups is 2. The van der Waals surface area contributed by atoms with E-state index in [4.69, 9.17) is 4.74 Å². The van der Waals surface area contributed by atoms with Crippen molar-refractivity contribution in [1.82, 2.24) is 5.32 Å². The molecule has 0 aliphatic carbocycles. The van der Waals surface area contributed by atoms with Crippen molar-refractivity contribution in [2.45, 2.75) is 26.8 Å². The second-order valence-electron chi connectivity index (χ2n) is 7.34. The molecule has 7 heteroatoms. The number of morpholine rings is 1. The zero-order valence-corrected chi connectivity index (χ0v) is 17.1. The molecule has 2 aromatic rings. The molecule has 154 valence electrons. The zero-order chi connectivity index (χ0) is 20.8. The highest BCUT2D eigenvalue weighted by molar-refractivity contribution is 6.06. The van der Waals surface area contributed by atoms with E-state index in [0.29, 0.717) is 24.5 Å². The SMILES string of the molecule is Cc1c(NC(=O)c2cccc(NC(=O)NC(C)C)c2)cccc1N1CCOCC1. The molecule has 1 aliphatic heterocycles. The smallest absolute Gasteiger partial charge is 0.319 e. The van der Waals surface area contributed by atoms with E-state index in [9.17, 15) is 9.59 Å². The summed E-state index contributed by atoms with van der Waals surface area (Å²) in [6.45, 7) is 8.87. The van der Waals surface area contributed by atoms with Crippen molar-refractivity contribution in [1.29, 1.82) is 0 Å². The number of benzene rings is 2. The van der Waals surface area contributed by atoms with Crippen LogP contribution in [0.1, 0.15) is 29.8 Å². The second kappa shape index (κ2) is 9.43. The Morgan fingerprint density at radius 1 is 1.03 bits per heavy atom. The summed E-state index contributed by atoms with van der Waals surface area (Å²) in [5, 5.41) is 8.50. The Kier molecular flexibility index (Phi) is 6.72. The lowest BCUT2D eigenvalue weighted by molar-refractivity contribution is 0.102. The van der Waals surface area contributed by atoms with Crippen molar-refractivity contribution in [3.05, 3.63) is 53.6 Å². The van der Waals surface area contributed by atoms with Gasteiger partial charge in [-0.3, -0.25) is 4.79 Å². The van der Waals surface area contributed by atoms with Crippen LogP contribution in [0.3, 0.4) is 0 Å². The van der Waals surface area contributed by atoms with Gasteiger partial charge in [-0.15, -0.1) is 0 Å². The molecule has 29 heavy (non-hydrogen) atoms. The molecule has 0 unspecified atom stereocenters. The molecule has 0 aromatic heterocycles. The normalized spacial score (nSPS) is 13.9. The zero-order valence-electron chi connectivity index (χ0n) is 17.1. The third-order valence-corrected chi connectivity index (χ3v) is 4.71. The summed E-state index contributed by atoms with van der Waals surface area (Å²) in [5.74, 6) is -0.222. The minimum absolute atomic E-state index is 0.0307. The number of hydrogen-bond donors (Lipinski definition) is 3. The standard InChI is InChI=1S/C22H28N4O3/c1-15(2)23-22(28)24-18-7-4-6-17(14-18)21(27)25-19-8-5-9-20(16(19)3)26-10-12-29-13-11-26/h4-9,14-15H,10-13H2,1-3H3,(H,25,27)(H2,23,24,28). The molecule has 3 N–H and O–H groups in total. The van der Waals surface area contributed by atoms with Gasteiger partial charge in [0.15, 0.2) is 0 Å². The Bertz CT molecular complexity index is 876. The Labute approximate surface area is 171 Å². The van der Waals surface area contributed by atoms with E-state index in [-0.39, 0.29) is 18.0 Å². The highest BCUT2D eigenvalue weighted by Crippen LogP contribution is 2.28. The quantitative estimate of drug-likeness (QED) is 0.721. The van der Waals surface area contributed by atoms with E-state index in [1.807, 2.05) is 32.9 Å². The molecule has 3 amide bonds. The summed E-state index contributed by atoms with van der Waals surface area (Å²) in [6.07, 6.45) is 0. The van der Waals surface area contributed by atoms with Gasteiger partial charge in [-0.1, -0.05) is 12.1 Å².